The quantitative estimate of drug-likeness (QED) is 0.756. The number of hydrogen-bond donors (Lipinski definition) is 1. The minimum absolute atomic E-state index is 0.0413. The zero-order valence-corrected chi connectivity index (χ0v) is 15.6. The number of carbonyl (C=O) groups excluding carboxylic acids is 1. The van der Waals surface area contributed by atoms with Crippen LogP contribution in [-0.2, 0) is 13.0 Å². The number of likely N-dealkylation sites (N-methyl/N-ethyl adjacent to an activating group) is 1. The normalized spacial score (nSPS) is 20.7. The van der Waals surface area contributed by atoms with Gasteiger partial charge >= 0.3 is 0 Å². The van der Waals surface area contributed by atoms with Gasteiger partial charge in [0.25, 0.3) is 5.91 Å². The van der Waals surface area contributed by atoms with Gasteiger partial charge in [0.05, 0.1) is 16.3 Å². The summed E-state index contributed by atoms with van der Waals surface area (Å²) in [5.74, 6) is 0.0413. The predicted octanol–water partition coefficient (Wildman–Crippen LogP) is 2.98. The Morgan fingerprint density at radius 1 is 1.31 bits per heavy atom. The van der Waals surface area contributed by atoms with Crippen molar-refractivity contribution in [1.82, 2.24) is 25.0 Å². The van der Waals surface area contributed by atoms with E-state index in [1.807, 2.05) is 23.1 Å². The standard InChI is InChI=1S/C19H21N5OS/c1-23-10-8-13-12(11-23)17(22-21-13)19(25)24-9-4-6-15(24)18-20-14-5-2-3-7-16(14)26-18/h2-3,5,7,15H,4,6,8-11H2,1H3,(H,21,22). The number of rotatable bonds is 2. The summed E-state index contributed by atoms with van der Waals surface area (Å²) >= 11 is 1.70. The highest BCUT2D eigenvalue weighted by molar-refractivity contribution is 7.18. The van der Waals surface area contributed by atoms with E-state index in [9.17, 15) is 4.79 Å². The zero-order chi connectivity index (χ0) is 17.7. The van der Waals surface area contributed by atoms with Crippen LogP contribution in [-0.4, -0.2) is 51.0 Å². The fourth-order valence-electron chi connectivity index (χ4n) is 4.04. The van der Waals surface area contributed by atoms with Crippen molar-refractivity contribution in [2.24, 2.45) is 0 Å². The second kappa shape index (κ2) is 6.17. The summed E-state index contributed by atoms with van der Waals surface area (Å²) in [5.41, 5.74) is 3.80. The molecule has 4 heterocycles. The number of thiazole rings is 1. The van der Waals surface area contributed by atoms with Gasteiger partial charge in [0.1, 0.15) is 5.01 Å². The molecular formula is C19H21N5OS. The van der Waals surface area contributed by atoms with Gasteiger partial charge in [-0.2, -0.15) is 5.10 Å². The minimum Gasteiger partial charge on any atom is -0.328 e. The highest BCUT2D eigenvalue weighted by Crippen LogP contribution is 2.37. The first-order valence-electron chi connectivity index (χ1n) is 9.12. The number of nitrogens with zero attached hydrogens (tertiary/aromatic N) is 4. The lowest BCUT2D eigenvalue weighted by Crippen LogP contribution is -2.33. The van der Waals surface area contributed by atoms with E-state index in [1.165, 1.54) is 4.70 Å². The molecule has 1 N–H and O–H groups in total. The van der Waals surface area contributed by atoms with Crippen LogP contribution in [0.4, 0.5) is 0 Å². The maximum absolute atomic E-state index is 13.3. The molecule has 2 aliphatic rings. The Balaban J connectivity index is 1.47. The van der Waals surface area contributed by atoms with E-state index >= 15 is 0 Å². The molecule has 1 aromatic carbocycles. The summed E-state index contributed by atoms with van der Waals surface area (Å²) < 4.78 is 1.18. The molecule has 0 spiro atoms. The maximum Gasteiger partial charge on any atom is 0.275 e. The summed E-state index contributed by atoms with van der Waals surface area (Å²) in [6, 6.07) is 8.24. The molecule has 0 radical (unpaired) electrons. The first kappa shape index (κ1) is 16.0. The first-order valence-corrected chi connectivity index (χ1v) is 9.93. The Morgan fingerprint density at radius 3 is 3.08 bits per heavy atom. The highest BCUT2D eigenvalue weighted by Gasteiger charge is 2.35. The number of H-pyrrole nitrogens is 1. The Bertz CT molecular complexity index is 944. The first-order chi connectivity index (χ1) is 12.7. The van der Waals surface area contributed by atoms with E-state index in [0.29, 0.717) is 5.69 Å². The van der Waals surface area contributed by atoms with E-state index in [-0.39, 0.29) is 11.9 Å². The number of aromatic nitrogens is 3. The molecule has 0 bridgehead atoms. The molecule has 1 fully saturated rings. The highest BCUT2D eigenvalue weighted by atomic mass is 32.1. The molecule has 0 aliphatic carbocycles. The lowest BCUT2D eigenvalue weighted by molar-refractivity contribution is 0.0727. The Hall–Kier alpha value is -2.25. The Kier molecular flexibility index (Phi) is 3.79. The van der Waals surface area contributed by atoms with Crippen molar-refractivity contribution < 1.29 is 4.79 Å². The second-order valence-corrected chi connectivity index (χ2v) is 8.26. The van der Waals surface area contributed by atoms with Crippen molar-refractivity contribution in [1.29, 1.82) is 0 Å². The van der Waals surface area contributed by atoms with Crippen LogP contribution in [0.25, 0.3) is 10.2 Å². The Labute approximate surface area is 155 Å². The third kappa shape index (κ3) is 2.54. The third-order valence-electron chi connectivity index (χ3n) is 5.44. The lowest BCUT2D eigenvalue weighted by Gasteiger charge is -2.25. The van der Waals surface area contributed by atoms with E-state index in [1.54, 1.807) is 11.3 Å². The number of amides is 1. The average Bonchev–Trinajstić information content (AvgIpc) is 3.37. The van der Waals surface area contributed by atoms with E-state index in [4.69, 9.17) is 4.98 Å². The molecule has 1 saturated heterocycles. The largest absolute Gasteiger partial charge is 0.328 e. The molecule has 3 aromatic rings. The van der Waals surface area contributed by atoms with Gasteiger partial charge in [-0.15, -0.1) is 11.3 Å². The summed E-state index contributed by atoms with van der Waals surface area (Å²) in [6.45, 7) is 2.56. The summed E-state index contributed by atoms with van der Waals surface area (Å²) in [7, 11) is 2.09. The Morgan fingerprint density at radius 2 is 2.19 bits per heavy atom. The smallest absolute Gasteiger partial charge is 0.275 e. The molecule has 1 atom stereocenters. The molecule has 5 rings (SSSR count). The topological polar surface area (TPSA) is 65.1 Å². The summed E-state index contributed by atoms with van der Waals surface area (Å²) in [4.78, 5) is 22.3. The van der Waals surface area contributed by atoms with Gasteiger partial charge in [0, 0.05) is 37.3 Å². The van der Waals surface area contributed by atoms with Crippen LogP contribution in [0.5, 0.6) is 0 Å². The third-order valence-corrected chi connectivity index (χ3v) is 6.57. The molecular weight excluding hydrogens is 346 g/mol. The number of fused-ring (bicyclic) bond motifs is 2. The van der Waals surface area contributed by atoms with Gasteiger partial charge in [-0.1, -0.05) is 12.1 Å². The lowest BCUT2D eigenvalue weighted by atomic mass is 10.1. The molecule has 0 saturated carbocycles. The van der Waals surface area contributed by atoms with Gasteiger partial charge in [0.2, 0.25) is 0 Å². The molecule has 26 heavy (non-hydrogen) atoms. The SMILES string of the molecule is CN1CCc2[nH]nc(C(=O)N3CCCC3c3nc4ccccc4s3)c2C1. The predicted molar refractivity (Wildman–Crippen MR) is 101 cm³/mol. The van der Waals surface area contributed by atoms with Gasteiger partial charge in [-0.05, 0) is 32.0 Å². The van der Waals surface area contributed by atoms with Gasteiger partial charge < -0.3 is 9.80 Å². The van der Waals surface area contributed by atoms with Crippen LogP contribution in [0.3, 0.4) is 0 Å². The zero-order valence-electron chi connectivity index (χ0n) is 14.7. The van der Waals surface area contributed by atoms with Crippen LogP contribution in [0.1, 0.15) is 45.6 Å². The molecule has 7 heteroatoms. The van der Waals surface area contributed by atoms with Crippen molar-refractivity contribution in [2.45, 2.75) is 31.8 Å². The van der Waals surface area contributed by atoms with Crippen molar-refractivity contribution in [2.75, 3.05) is 20.1 Å². The molecule has 2 aromatic heterocycles. The average molecular weight is 367 g/mol. The second-order valence-electron chi connectivity index (χ2n) is 7.19. The van der Waals surface area contributed by atoms with Crippen molar-refractivity contribution in [3.8, 4) is 0 Å². The van der Waals surface area contributed by atoms with E-state index < -0.39 is 0 Å². The number of benzene rings is 1. The van der Waals surface area contributed by atoms with Crippen molar-refractivity contribution in [3.05, 3.63) is 46.2 Å². The fraction of sp³-hybridized carbons (Fsp3) is 0.421. The summed E-state index contributed by atoms with van der Waals surface area (Å²) in [6.07, 6.45) is 2.91. The monoisotopic (exact) mass is 367 g/mol. The van der Waals surface area contributed by atoms with Crippen LogP contribution >= 0.6 is 11.3 Å². The molecule has 6 nitrogen and oxygen atoms in total. The van der Waals surface area contributed by atoms with Crippen LogP contribution in [0.2, 0.25) is 0 Å². The van der Waals surface area contributed by atoms with E-state index in [2.05, 4.69) is 28.2 Å². The van der Waals surface area contributed by atoms with Gasteiger partial charge in [0.15, 0.2) is 5.69 Å². The number of carbonyl (C=O) groups is 1. The van der Waals surface area contributed by atoms with Crippen LogP contribution in [0, 0.1) is 0 Å². The molecule has 1 unspecified atom stereocenters. The van der Waals surface area contributed by atoms with Crippen LogP contribution in [0.15, 0.2) is 24.3 Å². The number of para-hydroxylation sites is 1. The number of aromatic amines is 1. The molecule has 134 valence electrons. The van der Waals surface area contributed by atoms with E-state index in [0.717, 1.165) is 60.7 Å². The molecule has 1 amide bonds. The number of likely N-dealkylation sites (tertiary alicyclic amines) is 1. The van der Waals surface area contributed by atoms with Crippen LogP contribution < -0.4 is 0 Å². The summed E-state index contributed by atoms with van der Waals surface area (Å²) in [5, 5.41) is 8.52. The minimum atomic E-state index is 0.0413. The van der Waals surface area contributed by atoms with Gasteiger partial charge in [-0.3, -0.25) is 9.89 Å². The van der Waals surface area contributed by atoms with Crippen molar-refractivity contribution in [3.63, 3.8) is 0 Å². The maximum atomic E-state index is 13.3. The molecule has 2 aliphatic heterocycles. The van der Waals surface area contributed by atoms with Crippen molar-refractivity contribution >= 4 is 27.5 Å². The number of nitrogens with one attached hydrogen (secondary N) is 1. The fourth-order valence-corrected chi connectivity index (χ4v) is 5.16. The van der Waals surface area contributed by atoms with Gasteiger partial charge in [-0.25, -0.2) is 4.98 Å². The number of hydrogen-bond acceptors (Lipinski definition) is 5.